The zero-order chi connectivity index (χ0) is 18.1. The van der Waals surface area contributed by atoms with Crippen molar-refractivity contribution in [3.8, 4) is 5.75 Å². The summed E-state index contributed by atoms with van der Waals surface area (Å²) in [7, 11) is 0. The zero-order valence-electron chi connectivity index (χ0n) is 14.2. The van der Waals surface area contributed by atoms with E-state index in [-0.39, 0.29) is 18.8 Å². The van der Waals surface area contributed by atoms with Gasteiger partial charge in [0.15, 0.2) is 0 Å². The summed E-state index contributed by atoms with van der Waals surface area (Å²) in [6.45, 7) is 6.69. The fraction of sp³-hybridized carbons (Fsp3) is 0.529. The van der Waals surface area contributed by atoms with E-state index < -0.39 is 29.3 Å². The maximum atomic E-state index is 13.0. The molecule has 0 unspecified atom stereocenters. The molecule has 1 aliphatic heterocycles. The van der Waals surface area contributed by atoms with Crippen LogP contribution >= 0.6 is 0 Å². The number of aliphatic carboxylic acids is 1. The van der Waals surface area contributed by atoms with Crippen LogP contribution in [0, 0.1) is 5.82 Å². The highest BCUT2D eigenvalue weighted by atomic mass is 19.1. The van der Waals surface area contributed by atoms with E-state index in [0.29, 0.717) is 5.75 Å². The second-order valence-electron chi connectivity index (χ2n) is 7.07. The van der Waals surface area contributed by atoms with E-state index in [0.717, 1.165) is 0 Å². The van der Waals surface area contributed by atoms with Crippen molar-refractivity contribution < 1.29 is 28.6 Å². The van der Waals surface area contributed by atoms with E-state index in [9.17, 15) is 19.1 Å². The molecule has 132 valence electrons. The molecule has 0 spiro atoms. The number of rotatable bonds is 3. The monoisotopic (exact) mass is 339 g/mol. The Balaban J connectivity index is 2.16. The van der Waals surface area contributed by atoms with E-state index in [1.165, 1.54) is 36.1 Å². The van der Waals surface area contributed by atoms with Crippen molar-refractivity contribution in [1.82, 2.24) is 4.90 Å². The minimum Gasteiger partial charge on any atom is -0.488 e. The number of carboxylic acids is 1. The molecule has 1 aliphatic rings. The molecule has 1 amide bonds. The van der Waals surface area contributed by atoms with Gasteiger partial charge < -0.3 is 14.6 Å². The van der Waals surface area contributed by atoms with Crippen LogP contribution in [0.1, 0.15) is 34.1 Å². The topological polar surface area (TPSA) is 76.1 Å². The van der Waals surface area contributed by atoms with Crippen LogP contribution in [0.25, 0.3) is 0 Å². The van der Waals surface area contributed by atoms with Gasteiger partial charge in [-0.3, -0.25) is 4.90 Å². The lowest BCUT2D eigenvalue weighted by Gasteiger charge is -2.32. The Morgan fingerprint density at radius 1 is 1.29 bits per heavy atom. The Labute approximate surface area is 140 Å². The van der Waals surface area contributed by atoms with Gasteiger partial charge in [0.05, 0.1) is 6.54 Å². The highest BCUT2D eigenvalue weighted by Crippen LogP contribution is 2.33. The van der Waals surface area contributed by atoms with Crippen molar-refractivity contribution in [2.75, 3.05) is 6.54 Å². The Bertz CT molecular complexity index is 625. The highest BCUT2D eigenvalue weighted by molar-refractivity contribution is 5.85. The number of amides is 1. The molecule has 1 fully saturated rings. The van der Waals surface area contributed by atoms with Gasteiger partial charge in [0, 0.05) is 6.42 Å². The third kappa shape index (κ3) is 3.96. The first-order chi connectivity index (χ1) is 11.0. The van der Waals surface area contributed by atoms with Crippen molar-refractivity contribution in [3.63, 3.8) is 0 Å². The summed E-state index contributed by atoms with van der Waals surface area (Å²) in [6, 6.07) is 5.44. The maximum Gasteiger partial charge on any atom is 0.411 e. The second-order valence-corrected chi connectivity index (χ2v) is 7.07. The normalized spacial score (nSPS) is 23.9. The second kappa shape index (κ2) is 6.30. The number of carboxylic acid groups (broad SMARTS) is 1. The smallest absolute Gasteiger partial charge is 0.411 e. The first kappa shape index (κ1) is 18.0. The number of hydrogen-bond acceptors (Lipinski definition) is 4. The Morgan fingerprint density at radius 3 is 2.38 bits per heavy atom. The first-order valence-electron chi connectivity index (χ1n) is 7.67. The largest absolute Gasteiger partial charge is 0.488 e. The summed E-state index contributed by atoms with van der Waals surface area (Å²) in [5.74, 6) is -1.10. The molecule has 1 aromatic rings. The molecule has 2 rings (SSSR count). The van der Waals surface area contributed by atoms with Crippen LogP contribution in [-0.4, -0.2) is 45.9 Å². The number of carbonyl (C=O) groups is 2. The lowest BCUT2D eigenvalue weighted by atomic mass is 9.98. The molecule has 0 bridgehead atoms. The van der Waals surface area contributed by atoms with Crippen LogP contribution in [-0.2, 0) is 9.53 Å². The maximum absolute atomic E-state index is 13.0. The van der Waals surface area contributed by atoms with Crippen LogP contribution in [0.4, 0.5) is 9.18 Å². The fourth-order valence-electron chi connectivity index (χ4n) is 2.60. The lowest BCUT2D eigenvalue weighted by Crippen LogP contribution is -2.52. The number of benzene rings is 1. The number of likely N-dealkylation sites (tertiary alicyclic amines) is 1. The highest BCUT2D eigenvalue weighted by Gasteiger charge is 2.52. The van der Waals surface area contributed by atoms with Gasteiger partial charge in [-0.1, -0.05) is 0 Å². The Hall–Kier alpha value is -2.31. The van der Waals surface area contributed by atoms with E-state index in [4.69, 9.17) is 9.47 Å². The van der Waals surface area contributed by atoms with Crippen LogP contribution in [0.2, 0.25) is 0 Å². The van der Waals surface area contributed by atoms with Gasteiger partial charge >= 0.3 is 12.1 Å². The minimum atomic E-state index is -1.42. The summed E-state index contributed by atoms with van der Waals surface area (Å²) < 4.78 is 24.0. The molecule has 1 heterocycles. The number of hydrogen-bond donors (Lipinski definition) is 1. The molecule has 2 atom stereocenters. The molecule has 24 heavy (non-hydrogen) atoms. The third-order valence-corrected chi connectivity index (χ3v) is 3.80. The van der Waals surface area contributed by atoms with E-state index >= 15 is 0 Å². The van der Waals surface area contributed by atoms with Gasteiger partial charge in [-0.05, 0) is 52.0 Å². The van der Waals surface area contributed by atoms with Gasteiger partial charge in [0.2, 0.25) is 0 Å². The molecular weight excluding hydrogens is 317 g/mol. The fourth-order valence-corrected chi connectivity index (χ4v) is 2.60. The van der Waals surface area contributed by atoms with Crippen LogP contribution in [0.5, 0.6) is 5.75 Å². The van der Waals surface area contributed by atoms with Crippen molar-refractivity contribution in [2.45, 2.75) is 51.4 Å². The predicted octanol–water partition coefficient (Wildman–Crippen LogP) is 3.06. The summed E-state index contributed by atoms with van der Waals surface area (Å²) in [5, 5.41) is 9.56. The molecule has 7 heteroatoms. The van der Waals surface area contributed by atoms with Gasteiger partial charge in [-0.25, -0.2) is 14.0 Å². The molecule has 1 saturated heterocycles. The average molecular weight is 339 g/mol. The molecule has 6 nitrogen and oxygen atoms in total. The summed E-state index contributed by atoms with van der Waals surface area (Å²) >= 11 is 0. The molecule has 0 radical (unpaired) electrons. The number of carbonyl (C=O) groups excluding carboxylic acids is 1. The molecule has 1 aromatic carbocycles. The number of nitrogens with zero attached hydrogens (tertiary/aromatic N) is 1. The molecule has 0 saturated carbocycles. The SMILES string of the molecule is CC(C)(C)OC(=O)N1C[C@@H](Oc2ccc(F)cc2)C[C@@]1(C)C(=O)O. The molecule has 1 N–H and O–H groups in total. The lowest BCUT2D eigenvalue weighted by molar-refractivity contribution is -0.148. The summed E-state index contributed by atoms with van der Waals surface area (Å²) in [6.07, 6.45) is -1.11. The van der Waals surface area contributed by atoms with Gasteiger partial charge in [0.25, 0.3) is 0 Å². The van der Waals surface area contributed by atoms with Crippen LogP contribution in [0.3, 0.4) is 0 Å². The molecular formula is C17H22FNO5. The first-order valence-corrected chi connectivity index (χ1v) is 7.67. The third-order valence-electron chi connectivity index (χ3n) is 3.80. The van der Waals surface area contributed by atoms with Crippen molar-refractivity contribution in [3.05, 3.63) is 30.1 Å². The van der Waals surface area contributed by atoms with Crippen molar-refractivity contribution in [2.24, 2.45) is 0 Å². The van der Waals surface area contributed by atoms with Gasteiger partial charge in [-0.2, -0.15) is 0 Å². The average Bonchev–Trinajstić information content (AvgIpc) is 2.78. The zero-order valence-corrected chi connectivity index (χ0v) is 14.2. The Morgan fingerprint density at radius 2 is 1.88 bits per heavy atom. The summed E-state index contributed by atoms with van der Waals surface area (Å²) in [4.78, 5) is 25.2. The Kier molecular flexibility index (Phi) is 4.73. The van der Waals surface area contributed by atoms with Crippen LogP contribution < -0.4 is 4.74 Å². The van der Waals surface area contributed by atoms with Gasteiger partial charge in [-0.15, -0.1) is 0 Å². The predicted molar refractivity (Wildman–Crippen MR) is 84.4 cm³/mol. The van der Waals surface area contributed by atoms with Crippen molar-refractivity contribution in [1.29, 1.82) is 0 Å². The quantitative estimate of drug-likeness (QED) is 0.916. The van der Waals surface area contributed by atoms with Crippen molar-refractivity contribution >= 4 is 12.1 Å². The standard InChI is InChI=1S/C17H22FNO5/c1-16(2,3)24-15(22)19-10-13(9-17(19,4)14(20)21)23-12-7-5-11(18)6-8-12/h5-8,13H,9-10H2,1-4H3,(H,20,21)/t13-,17-/m0/s1. The van der Waals surface area contributed by atoms with Gasteiger partial charge in [0.1, 0.15) is 28.8 Å². The molecule has 0 aliphatic carbocycles. The molecule has 0 aromatic heterocycles. The number of halogens is 1. The summed E-state index contributed by atoms with van der Waals surface area (Å²) in [5.41, 5.74) is -2.15. The van der Waals surface area contributed by atoms with Crippen LogP contribution in [0.15, 0.2) is 24.3 Å². The van der Waals surface area contributed by atoms with E-state index in [1.54, 1.807) is 20.8 Å². The minimum absolute atomic E-state index is 0.0785. The number of ether oxygens (including phenoxy) is 2. The van der Waals surface area contributed by atoms with E-state index in [1.807, 2.05) is 0 Å². The van der Waals surface area contributed by atoms with E-state index in [2.05, 4.69) is 0 Å².